The van der Waals surface area contributed by atoms with Gasteiger partial charge in [-0.15, -0.1) is 0 Å². The van der Waals surface area contributed by atoms with Crippen LogP contribution in [-0.4, -0.2) is 82.3 Å². The Labute approximate surface area is 359 Å². The molecule has 0 saturated heterocycles. The molecule has 0 rings (SSSR count). The number of hydrogen-bond acceptors (Lipinski definition) is 11. The van der Waals surface area contributed by atoms with Gasteiger partial charge in [-0.05, 0) is 71.1 Å². The molecule has 60 heavy (non-hydrogen) atoms. The number of carboxylic acids is 1. The van der Waals surface area contributed by atoms with E-state index >= 15 is 0 Å². The van der Waals surface area contributed by atoms with Gasteiger partial charge in [0.2, 0.25) is 0 Å². The van der Waals surface area contributed by atoms with Gasteiger partial charge < -0.3 is 35.4 Å². The molecule has 14 heteroatoms. The highest BCUT2D eigenvalue weighted by Crippen LogP contribution is 2.43. The van der Waals surface area contributed by atoms with Crippen molar-refractivity contribution in [1.29, 1.82) is 0 Å². The molecule has 6 N–H and O–H groups in total. The number of hydrogen-bond donors (Lipinski definition) is 5. The first-order valence-corrected chi connectivity index (χ1v) is 23.3. The van der Waals surface area contributed by atoms with Crippen LogP contribution in [-0.2, 0) is 37.5 Å². The maximum Gasteiger partial charge on any atom is 0.472 e. The van der Waals surface area contributed by atoms with Crippen molar-refractivity contribution in [2.45, 2.75) is 167 Å². The minimum Gasteiger partial charge on any atom is -0.480 e. The predicted octanol–water partition coefficient (Wildman–Crippen LogP) is 9.44. The Morgan fingerprint density at radius 2 is 1.20 bits per heavy atom. The molecule has 0 fully saturated rings. The minimum absolute atomic E-state index is 0.00289. The third-order valence-corrected chi connectivity index (χ3v) is 9.68. The molecule has 0 aliphatic carbocycles. The lowest BCUT2D eigenvalue weighted by molar-refractivity contribution is -0.161. The van der Waals surface area contributed by atoms with Gasteiger partial charge in [-0.25, -0.2) is 4.57 Å². The van der Waals surface area contributed by atoms with Crippen LogP contribution in [0.4, 0.5) is 0 Å². The largest absolute Gasteiger partial charge is 0.480 e. The Morgan fingerprint density at radius 3 is 1.87 bits per heavy atom. The van der Waals surface area contributed by atoms with E-state index in [9.17, 15) is 34.1 Å². The minimum atomic E-state index is -4.76. The van der Waals surface area contributed by atoms with Gasteiger partial charge in [0.1, 0.15) is 12.6 Å². The van der Waals surface area contributed by atoms with E-state index < -0.39 is 69.9 Å². The molecule has 5 atom stereocenters. The summed E-state index contributed by atoms with van der Waals surface area (Å²) in [6, 6.07) is -1.55. The van der Waals surface area contributed by atoms with Gasteiger partial charge in [0.25, 0.3) is 0 Å². The van der Waals surface area contributed by atoms with Crippen molar-refractivity contribution in [3.8, 4) is 0 Å². The van der Waals surface area contributed by atoms with Gasteiger partial charge in [-0.1, -0.05) is 143 Å². The Hall–Kier alpha value is -3.42. The average Bonchev–Trinajstić information content (AvgIpc) is 3.20. The number of nitrogens with two attached hydrogens (primary N) is 1. The normalized spacial score (nSPS) is 15.6. The van der Waals surface area contributed by atoms with E-state index in [4.69, 9.17) is 24.8 Å². The zero-order chi connectivity index (χ0) is 44.5. The molecule has 0 amide bonds. The predicted molar refractivity (Wildman–Crippen MR) is 238 cm³/mol. The zero-order valence-electron chi connectivity index (χ0n) is 36.2. The van der Waals surface area contributed by atoms with Gasteiger partial charge in [0.05, 0.1) is 25.4 Å². The van der Waals surface area contributed by atoms with Crippen LogP contribution < -0.4 is 5.73 Å². The lowest BCUT2D eigenvalue weighted by Crippen LogP contribution is -2.34. The van der Waals surface area contributed by atoms with E-state index in [-0.39, 0.29) is 12.8 Å². The second-order valence-corrected chi connectivity index (χ2v) is 16.0. The third-order valence-electron chi connectivity index (χ3n) is 8.73. The van der Waals surface area contributed by atoms with Crippen LogP contribution in [0.25, 0.3) is 0 Å². The summed E-state index contributed by atoms with van der Waals surface area (Å²) in [5, 5.41) is 28.1. The van der Waals surface area contributed by atoms with E-state index in [1.807, 2.05) is 54.7 Å². The van der Waals surface area contributed by atoms with Crippen LogP contribution in [0.15, 0.2) is 85.1 Å². The monoisotopic (exact) mass is 866 g/mol. The number of aliphatic hydroxyl groups is 2. The molecule has 342 valence electrons. The number of esters is 2. The molecule has 13 nitrogen and oxygen atoms in total. The first kappa shape index (κ1) is 56.6. The summed E-state index contributed by atoms with van der Waals surface area (Å²) < 4.78 is 32.5. The summed E-state index contributed by atoms with van der Waals surface area (Å²) in [7, 11) is -4.76. The van der Waals surface area contributed by atoms with E-state index in [1.165, 1.54) is 38.5 Å². The van der Waals surface area contributed by atoms with E-state index in [2.05, 4.69) is 23.6 Å². The molecule has 0 bridgehead atoms. The second-order valence-electron chi connectivity index (χ2n) is 14.6. The van der Waals surface area contributed by atoms with Crippen molar-refractivity contribution in [2.24, 2.45) is 5.73 Å². The van der Waals surface area contributed by atoms with E-state index in [0.717, 1.165) is 38.5 Å². The van der Waals surface area contributed by atoms with Gasteiger partial charge in [0, 0.05) is 12.8 Å². The van der Waals surface area contributed by atoms with Crippen molar-refractivity contribution in [1.82, 2.24) is 0 Å². The molecule has 0 aromatic heterocycles. The molecule has 0 aliphatic heterocycles. The van der Waals surface area contributed by atoms with Gasteiger partial charge in [-0.2, -0.15) is 0 Å². The van der Waals surface area contributed by atoms with Gasteiger partial charge in [0.15, 0.2) is 6.10 Å². The fourth-order valence-corrected chi connectivity index (χ4v) is 6.08. The number of carbonyl (C=O) groups excluding carboxylic acids is 2. The van der Waals surface area contributed by atoms with Gasteiger partial charge in [-0.3, -0.25) is 23.4 Å². The molecular formula is C46H76NO12P. The summed E-state index contributed by atoms with van der Waals surface area (Å²) in [6.45, 7) is 2.08. The molecule has 0 spiro atoms. The molecule has 0 heterocycles. The Kier molecular flexibility index (Phi) is 37.4. The molecule has 0 aromatic rings. The van der Waals surface area contributed by atoms with Crippen LogP contribution in [0.1, 0.15) is 142 Å². The number of carbonyl (C=O) groups is 3. The summed E-state index contributed by atoms with van der Waals surface area (Å²) in [5.74, 6) is -2.56. The SMILES string of the molecule is CCCCCCCC/C=C\CCCCCCCC(=O)OCC(COP(=O)(O)OCC(N)C(=O)O)OC(=O)CC/C=C/C/C=C/C/C=C/C=C\C(O)C/C=C/C/C=C\C(C)O. The first-order chi connectivity index (χ1) is 28.9. The van der Waals surface area contributed by atoms with Crippen molar-refractivity contribution in [2.75, 3.05) is 19.8 Å². The quantitative estimate of drug-likeness (QED) is 0.0128. The summed E-state index contributed by atoms with van der Waals surface area (Å²) >= 11 is 0. The molecule has 5 unspecified atom stereocenters. The van der Waals surface area contributed by atoms with Crippen LogP contribution in [0.5, 0.6) is 0 Å². The number of ether oxygens (including phenoxy) is 2. The lowest BCUT2D eigenvalue weighted by atomic mass is 10.1. The van der Waals surface area contributed by atoms with Crippen LogP contribution in [0.2, 0.25) is 0 Å². The van der Waals surface area contributed by atoms with Crippen molar-refractivity contribution < 1.29 is 57.7 Å². The highest BCUT2D eigenvalue weighted by Gasteiger charge is 2.28. The number of aliphatic hydroxyl groups excluding tert-OH is 2. The summed E-state index contributed by atoms with van der Waals surface area (Å²) in [5.41, 5.74) is 5.32. The molecule has 0 radical (unpaired) electrons. The highest BCUT2D eigenvalue weighted by atomic mass is 31.2. The summed E-state index contributed by atoms with van der Waals surface area (Å²) in [4.78, 5) is 45.9. The number of rotatable bonds is 39. The Balaban J connectivity index is 4.59. The van der Waals surface area contributed by atoms with Crippen molar-refractivity contribution in [3.63, 3.8) is 0 Å². The van der Waals surface area contributed by atoms with Crippen molar-refractivity contribution in [3.05, 3.63) is 85.1 Å². The fourth-order valence-electron chi connectivity index (χ4n) is 5.30. The number of unbranched alkanes of at least 4 members (excludes halogenated alkanes) is 11. The zero-order valence-corrected chi connectivity index (χ0v) is 37.1. The van der Waals surface area contributed by atoms with Gasteiger partial charge >= 0.3 is 25.7 Å². The first-order valence-electron chi connectivity index (χ1n) is 21.8. The smallest absolute Gasteiger partial charge is 0.472 e. The second kappa shape index (κ2) is 39.7. The lowest BCUT2D eigenvalue weighted by Gasteiger charge is -2.20. The Bertz CT molecular complexity index is 1370. The number of aliphatic carboxylic acids is 1. The number of allylic oxidation sites excluding steroid dienone is 11. The molecule has 0 aromatic carbocycles. The maximum atomic E-state index is 12.6. The fraction of sp³-hybridized carbons (Fsp3) is 0.630. The molecule has 0 saturated carbocycles. The van der Waals surface area contributed by atoms with Crippen LogP contribution in [0.3, 0.4) is 0 Å². The van der Waals surface area contributed by atoms with E-state index in [0.29, 0.717) is 38.5 Å². The van der Waals surface area contributed by atoms with Crippen LogP contribution in [0, 0.1) is 0 Å². The van der Waals surface area contributed by atoms with E-state index in [1.54, 1.807) is 25.2 Å². The average molecular weight is 866 g/mol. The summed E-state index contributed by atoms with van der Waals surface area (Å²) in [6.07, 6.45) is 42.6. The number of carboxylic acid groups (broad SMARTS) is 1. The standard InChI is InChI=1S/C46H76NO12P/c1-3-4-5-6-7-8-9-10-11-12-13-17-20-23-30-35-44(50)56-37-42(38-57-60(54,55)58-39-43(47)46(52)53)59-45(51)36-31-24-21-18-15-14-16-19-22-28-33-41(49)34-29-26-25-27-32-40(2)48/h10-11,14-15,19,21-22,24,26-29,32-33,40-43,48-49H,3-9,12-13,16-18,20,23,25,30-31,34-39,47H2,1-2H3,(H,52,53)(H,54,55)/b11-10-,15-14+,22-19+,24-21+,29-26+,32-27-,33-28-. The van der Waals surface area contributed by atoms with Crippen LogP contribution >= 0.6 is 7.82 Å². The third kappa shape index (κ3) is 40.0. The number of phosphoric acid groups is 1. The topological polar surface area (TPSA) is 212 Å². The van der Waals surface area contributed by atoms with Crippen molar-refractivity contribution >= 4 is 25.7 Å². The highest BCUT2D eigenvalue weighted by molar-refractivity contribution is 7.47. The number of phosphoric ester groups is 1. The Morgan fingerprint density at radius 1 is 0.633 bits per heavy atom. The maximum absolute atomic E-state index is 12.6. The molecule has 0 aliphatic rings. The molecular weight excluding hydrogens is 789 g/mol.